The zero-order valence-electron chi connectivity index (χ0n) is 13.5. The molecule has 0 aliphatic carbocycles. The highest BCUT2D eigenvalue weighted by Crippen LogP contribution is 2.29. The van der Waals surface area contributed by atoms with E-state index in [0.717, 1.165) is 5.56 Å². The number of fused-ring (bicyclic) bond motifs is 1. The molecule has 7 heteroatoms. The minimum Gasteiger partial charge on any atom is -0.465 e. The van der Waals surface area contributed by atoms with Gasteiger partial charge in [-0.25, -0.2) is 14.5 Å². The van der Waals surface area contributed by atoms with Gasteiger partial charge in [-0.3, -0.25) is 9.59 Å². The van der Waals surface area contributed by atoms with Gasteiger partial charge in [0, 0.05) is 12.6 Å². The van der Waals surface area contributed by atoms with Crippen molar-refractivity contribution in [3.05, 3.63) is 58.5 Å². The van der Waals surface area contributed by atoms with E-state index in [2.05, 4.69) is 9.97 Å². The Labute approximate surface area is 147 Å². The van der Waals surface area contributed by atoms with Crippen molar-refractivity contribution in [2.75, 3.05) is 6.61 Å². The Morgan fingerprint density at radius 2 is 2.04 bits per heavy atom. The Hall–Kier alpha value is -2.67. The zero-order chi connectivity index (χ0) is 17.4. The number of cyclic esters (lactones) is 1. The molecule has 2 aromatic heterocycles. The minimum absolute atomic E-state index is 0.198. The Morgan fingerprint density at radius 1 is 1.20 bits per heavy atom. The number of aromatic nitrogens is 3. The first-order chi connectivity index (χ1) is 12.1. The highest BCUT2D eigenvalue weighted by molar-refractivity contribution is 8.00. The van der Waals surface area contributed by atoms with Gasteiger partial charge in [-0.05, 0) is 30.7 Å². The van der Waals surface area contributed by atoms with Gasteiger partial charge in [-0.2, -0.15) is 0 Å². The van der Waals surface area contributed by atoms with Crippen LogP contribution in [-0.4, -0.2) is 32.4 Å². The maximum absolute atomic E-state index is 13.0. The highest BCUT2D eigenvalue weighted by atomic mass is 32.2. The summed E-state index contributed by atoms with van der Waals surface area (Å²) in [5.74, 6) is 0.221. The van der Waals surface area contributed by atoms with Crippen LogP contribution in [0.5, 0.6) is 0 Å². The molecule has 0 unspecified atom stereocenters. The van der Waals surface area contributed by atoms with Crippen LogP contribution in [0.3, 0.4) is 0 Å². The predicted molar refractivity (Wildman–Crippen MR) is 95.1 cm³/mol. The quantitative estimate of drug-likeness (QED) is 0.532. The number of esters is 1. The van der Waals surface area contributed by atoms with Crippen molar-refractivity contribution in [3.8, 4) is 5.82 Å². The lowest BCUT2D eigenvalue weighted by Crippen LogP contribution is -2.24. The molecule has 0 amide bonds. The van der Waals surface area contributed by atoms with Gasteiger partial charge in [0.2, 0.25) is 0 Å². The topological polar surface area (TPSA) is 74.1 Å². The van der Waals surface area contributed by atoms with E-state index < -0.39 is 0 Å². The second kappa shape index (κ2) is 6.33. The fourth-order valence-electron chi connectivity index (χ4n) is 2.70. The average molecular weight is 353 g/mol. The number of para-hydroxylation sites is 1. The number of carbonyl (C=O) groups excluding carboxylic acids is 1. The van der Waals surface area contributed by atoms with Crippen molar-refractivity contribution >= 4 is 28.6 Å². The molecule has 6 nitrogen and oxygen atoms in total. The second-order valence-corrected chi connectivity index (χ2v) is 6.98. The summed E-state index contributed by atoms with van der Waals surface area (Å²) in [7, 11) is 0. The van der Waals surface area contributed by atoms with Gasteiger partial charge in [0.15, 0.2) is 5.16 Å². The standard InChI is InChI=1S/C18H15N3O3S/c1-11-6-7-15(19-10-11)21-16(22)12-4-2-3-5-13(12)20-18(21)25-14-8-9-24-17(14)23/h2-7,10,14H,8-9H2,1H3/t14-/m1/s1. The summed E-state index contributed by atoms with van der Waals surface area (Å²) < 4.78 is 6.50. The monoisotopic (exact) mass is 353 g/mol. The highest BCUT2D eigenvalue weighted by Gasteiger charge is 2.30. The molecule has 0 saturated carbocycles. The van der Waals surface area contributed by atoms with E-state index in [-0.39, 0.29) is 16.8 Å². The van der Waals surface area contributed by atoms with Crippen LogP contribution >= 0.6 is 11.8 Å². The third-order valence-electron chi connectivity index (χ3n) is 4.00. The van der Waals surface area contributed by atoms with Gasteiger partial charge in [0.25, 0.3) is 5.56 Å². The molecular formula is C18H15N3O3S. The first-order valence-corrected chi connectivity index (χ1v) is 8.79. The van der Waals surface area contributed by atoms with Gasteiger partial charge in [0.1, 0.15) is 11.1 Å². The van der Waals surface area contributed by atoms with Crippen LogP contribution < -0.4 is 5.56 Å². The van der Waals surface area contributed by atoms with Crippen molar-refractivity contribution in [2.45, 2.75) is 23.8 Å². The molecule has 3 heterocycles. The number of aryl methyl sites for hydroxylation is 1. The van der Waals surface area contributed by atoms with Crippen LogP contribution in [0.1, 0.15) is 12.0 Å². The number of pyridine rings is 1. The van der Waals surface area contributed by atoms with Crippen molar-refractivity contribution in [3.63, 3.8) is 0 Å². The van der Waals surface area contributed by atoms with E-state index in [1.807, 2.05) is 19.1 Å². The minimum atomic E-state index is -0.357. The molecular weight excluding hydrogens is 338 g/mol. The first kappa shape index (κ1) is 15.8. The van der Waals surface area contributed by atoms with E-state index in [1.165, 1.54) is 16.3 Å². The number of ether oxygens (including phenoxy) is 1. The molecule has 1 aliphatic rings. The van der Waals surface area contributed by atoms with Crippen molar-refractivity contribution in [2.24, 2.45) is 0 Å². The number of hydrogen-bond acceptors (Lipinski definition) is 6. The van der Waals surface area contributed by atoms with Crippen LogP contribution in [0.25, 0.3) is 16.7 Å². The summed E-state index contributed by atoms with van der Waals surface area (Å²) in [6, 6.07) is 10.8. The fourth-order valence-corrected chi connectivity index (χ4v) is 3.76. The number of nitrogens with zero attached hydrogens (tertiary/aromatic N) is 3. The van der Waals surface area contributed by atoms with Gasteiger partial charge in [-0.15, -0.1) is 0 Å². The van der Waals surface area contributed by atoms with Gasteiger partial charge < -0.3 is 4.74 Å². The fraction of sp³-hybridized carbons (Fsp3) is 0.222. The SMILES string of the molecule is Cc1ccc(-n2c(S[C@@H]3CCOC3=O)nc3ccccc3c2=O)nc1. The molecule has 0 radical (unpaired) electrons. The average Bonchev–Trinajstić information content (AvgIpc) is 3.01. The summed E-state index contributed by atoms with van der Waals surface area (Å²) in [6.45, 7) is 2.33. The molecule has 1 atom stereocenters. The Bertz CT molecular complexity index is 1010. The zero-order valence-corrected chi connectivity index (χ0v) is 14.3. The van der Waals surface area contributed by atoms with E-state index >= 15 is 0 Å². The molecule has 0 N–H and O–H groups in total. The lowest BCUT2D eigenvalue weighted by molar-refractivity contribution is -0.137. The van der Waals surface area contributed by atoms with E-state index in [4.69, 9.17) is 4.74 Å². The van der Waals surface area contributed by atoms with Crippen LogP contribution in [0.4, 0.5) is 0 Å². The summed E-state index contributed by atoms with van der Waals surface area (Å²) in [5, 5.41) is 0.608. The molecule has 0 spiro atoms. The molecule has 1 saturated heterocycles. The van der Waals surface area contributed by atoms with Crippen LogP contribution in [-0.2, 0) is 9.53 Å². The summed E-state index contributed by atoms with van der Waals surface area (Å²) in [5.41, 5.74) is 1.40. The summed E-state index contributed by atoms with van der Waals surface area (Å²) in [6.07, 6.45) is 2.31. The van der Waals surface area contributed by atoms with Gasteiger partial charge in [0.05, 0.1) is 17.5 Å². The third kappa shape index (κ3) is 2.91. The van der Waals surface area contributed by atoms with Gasteiger partial charge in [-0.1, -0.05) is 30.0 Å². The molecule has 3 aromatic rings. The number of thioether (sulfide) groups is 1. The summed E-state index contributed by atoms with van der Waals surface area (Å²) in [4.78, 5) is 33.9. The molecule has 4 rings (SSSR count). The van der Waals surface area contributed by atoms with Crippen LogP contribution in [0, 0.1) is 6.92 Å². The number of hydrogen-bond donors (Lipinski definition) is 0. The van der Waals surface area contributed by atoms with Crippen molar-refractivity contribution in [1.82, 2.24) is 14.5 Å². The molecule has 1 fully saturated rings. The maximum atomic E-state index is 13.0. The molecule has 126 valence electrons. The molecule has 25 heavy (non-hydrogen) atoms. The predicted octanol–water partition coefficient (Wildman–Crippen LogP) is 2.50. The van der Waals surface area contributed by atoms with E-state index in [9.17, 15) is 9.59 Å². The maximum Gasteiger partial charge on any atom is 0.319 e. The van der Waals surface area contributed by atoms with E-state index in [1.54, 1.807) is 30.5 Å². The summed E-state index contributed by atoms with van der Waals surface area (Å²) >= 11 is 1.25. The molecule has 1 aromatic carbocycles. The Kier molecular flexibility index (Phi) is 4.01. The smallest absolute Gasteiger partial charge is 0.319 e. The lowest BCUT2D eigenvalue weighted by Gasteiger charge is -2.14. The van der Waals surface area contributed by atoms with Gasteiger partial charge >= 0.3 is 5.97 Å². The number of benzene rings is 1. The molecule has 0 bridgehead atoms. The normalized spacial score (nSPS) is 17.0. The van der Waals surface area contributed by atoms with E-state index in [0.29, 0.717) is 34.9 Å². The number of carbonyl (C=O) groups is 1. The van der Waals surface area contributed by atoms with Crippen molar-refractivity contribution in [1.29, 1.82) is 0 Å². The lowest BCUT2D eigenvalue weighted by atomic mass is 10.2. The Morgan fingerprint density at radius 3 is 2.76 bits per heavy atom. The van der Waals surface area contributed by atoms with Crippen molar-refractivity contribution < 1.29 is 9.53 Å². The molecule has 1 aliphatic heterocycles. The van der Waals surface area contributed by atoms with Crippen LogP contribution in [0.15, 0.2) is 52.5 Å². The third-order valence-corrected chi connectivity index (χ3v) is 5.20. The first-order valence-electron chi connectivity index (χ1n) is 7.91. The Balaban J connectivity index is 1.92. The van der Waals surface area contributed by atoms with Crippen LogP contribution in [0.2, 0.25) is 0 Å². The largest absolute Gasteiger partial charge is 0.465 e. The number of rotatable bonds is 3. The second-order valence-electron chi connectivity index (χ2n) is 5.81.